The molecule has 3 N–H and O–H groups in total. The first-order valence-electron chi connectivity index (χ1n) is 7.23. The van der Waals surface area contributed by atoms with E-state index in [0.29, 0.717) is 23.2 Å². The quantitative estimate of drug-likeness (QED) is 0.767. The molecule has 0 bridgehead atoms. The molecule has 1 fully saturated rings. The third-order valence-corrected chi connectivity index (χ3v) is 3.87. The summed E-state index contributed by atoms with van der Waals surface area (Å²) in [7, 11) is 0. The minimum absolute atomic E-state index is 0.0307. The Morgan fingerprint density at radius 2 is 2.29 bits per heavy atom. The van der Waals surface area contributed by atoms with E-state index < -0.39 is 0 Å². The molecule has 0 saturated carbocycles. The topological polar surface area (TPSA) is 79.5 Å². The summed E-state index contributed by atoms with van der Waals surface area (Å²) >= 11 is 0. The molecule has 2 amide bonds. The number of fused-ring (bicyclic) bond motifs is 1. The normalized spacial score (nSPS) is 24.5. The predicted octanol–water partition coefficient (Wildman–Crippen LogP) is 1.34. The van der Waals surface area contributed by atoms with Gasteiger partial charge in [-0.3, -0.25) is 9.59 Å². The summed E-state index contributed by atoms with van der Waals surface area (Å²) in [5.41, 5.74) is 1.28. The van der Waals surface area contributed by atoms with Gasteiger partial charge in [-0.05, 0) is 44.5 Å². The van der Waals surface area contributed by atoms with E-state index in [1.807, 2.05) is 0 Å². The number of rotatable bonds is 2. The fourth-order valence-electron chi connectivity index (χ4n) is 2.78. The number of hydrogen-bond acceptors (Lipinski definition) is 4. The van der Waals surface area contributed by atoms with Crippen molar-refractivity contribution in [2.45, 2.75) is 25.8 Å². The number of benzene rings is 1. The van der Waals surface area contributed by atoms with Crippen LogP contribution in [0.4, 0.5) is 11.4 Å². The highest BCUT2D eigenvalue weighted by Crippen LogP contribution is 2.30. The number of carbonyl (C=O) groups excluding carboxylic acids is 2. The van der Waals surface area contributed by atoms with E-state index >= 15 is 0 Å². The van der Waals surface area contributed by atoms with Gasteiger partial charge in [-0.1, -0.05) is 0 Å². The molecule has 1 aromatic carbocycles. The molecule has 2 heterocycles. The van der Waals surface area contributed by atoms with E-state index in [9.17, 15) is 9.59 Å². The maximum atomic E-state index is 12.3. The summed E-state index contributed by atoms with van der Waals surface area (Å²) in [6.45, 7) is 2.99. The summed E-state index contributed by atoms with van der Waals surface area (Å²) < 4.78 is 5.29. The second-order valence-electron chi connectivity index (χ2n) is 5.61. The van der Waals surface area contributed by atoms with Gasteiger partial charge in [0.25, 0.3) is 5.91 Å². The van der Waals surface area contributed by atoms with Crippen LogP contribution in [-0.2, 0) is 9.59 Å². The van der Waals surface area contributed by atoms with Gasteiger partial charge < -0.3 is 20.7 Å². The van der Waals surface area contributed by atoms with Crippen molar-refractivity contribution in [3.63, 3.8) is 0 Å². The van der Waals surface area contributed by atoms with E-state index in [1.54, 1.807) is 18.2 Å². The molecular formula is C15H19N3O3. The first-order valence-corrected chi connectivity index (χ1v) is 7.23. The van der Waals surface area contributed by atoms with E-state index in [-0.39, 0.29) is 24.3 Å². The zero-order valence-electron chi connectivity index (χ0n) is 11.9. The molecule has 1 saturated heterocycles. The molecule has 21 heavy (non-hydrogen) atoms. The Bertz CT molecular complexity index is 573. The maximum absolute atomic E-state index is 12.3. The summed E-state index contributed by atoms with van der Waals surface area (Å²) in [5, 5.41) is 8.99. The van der Waals surface area contributed by atoms with Crippen LogP contribution >= 0.6 is 0 Å². The first kappa shape index (κ1) is 13.9. The predicted molar refractivity (Wildman–Crippen MR) is 79.4 cm³/mol. The third kappa shape index (κ3) is 3.16. The third-order valence-electron chi connectivity index (χ3n) is 3.87. The van der Waals surface area contributed by atoms with Crippen LogP contribution in [0.25, 0.3) is 0 Å². The van der Waals surface area contributed by atoms with E-state index in [0.717, 1.165) is 19.4 Å². The molecule has 3 rings (SSSR count). The van der Waals surface area contributed by atoms with Crippen LogP contribution in [-0.4, -0.2) is 31.0 Å². The second-order valence-corrected chi connectivity index (χ2v) is 5.61. The van der Waals surface area contributed by atoms with Crippen LogP contribution < -0.4 is 20.7 Å². The monoisotopic (exact) mass is 289 g/mol. The highest BCUT2D eigenvalue weighted by molar-refractivity contribution is 5.98. The highest BCUT2D eigenvalue weighted by atomic mass is 16.5. The van der Waals surface area contributed by atoms with Crippen LogP contribution in [0.1, 0.15) is 19.8 Å². The lowest BCUT2D eigenvalue weighted by atomic mass is 9.92. The lowest BCUT2D eigenvalue weighted by Gasteiger charge is -2.27. The Kier molecular flexibility index (Phi) is 3.79. The molecule has 0 aliphatic carbocycles. The molecule has 2 atom stereocenters. The highest BCUT2D eigenvalue weighted by Gasteiger charge is 2.25. The molecule has 0 aromatic heterocycles. The Morgan fingerprint density at radius 3 is 3.10 bits per heavy atom. The Hall–Kier alpha value is -2.08. The van der Waals surface area contributed by atoms with Gasteiger partial charge in [-0.2, -0.15) is 0 Å². The molecule has 0 spiro atoms. The first-order chi connectivity index (χ1) is 10.1. The Balaban J connectivity index is 1.68. The van der Waals surface area contributed by atoms with Gasteiger partial charge in [0, 0.05) is 17.6 Å². The van der Waals surface area contributed by atoms with Gasteiger partial charge in [-0.25, -0.2) is 0 Å². The molecule has 2 unspecified atom stereocenters. The molecule has 6 nitrogen and oxygen atoms in total. The van der Waals surface area contributed by atoms with Crippen molar-refractivity contribution in [1.82, 2.24) is 5.32 Å². The second kappa shape index (κ2) is 5.73. The molecule has 0 radical (unpaired) electrons. The Morgan fingerprint density at radius 1 is 1.43 bits per heavy atom. The maximum Gasteiger partial charge on any atom is 0.262 e. The number of hydrogen-bond donors (Lipinski definition) is 3. The summed E-state index contributed by atoms with van der Waals surface area (Å²) in [6.07, 6.45) is 1.69. The minimum atomic E-state index is -0.182. The number of ether oxygens (including phenoxy) is 1. The van der Waals surface area contributed by atoms with Crippen LogP contribution in [0.5, 0.6) is 5.75 Å². The largest absolute Gasteiger partial charge is 0.482 e. The number of carbonyl (C=O) groups is 2. The van der Waals surface area contributed by atoms with Crippen molar-refractivity contribution in [3.8, 4) is 5.75 Å². The van der Waals surface area contributed by atoms with Crippen LogP contribution in [0.3, 0.4) is 0 Å². The van der Waals surface area contributed by atoms with Crippen LogP contribution in [0.2, 0.25) is 0 Å². The van der Waals surface area contributed by atoms with Crippen molar-refractivity contribution in [2.24, 2.45) is 5.92 Å². The summed E-state index contributed by atoms with van der Waals surface area (Å²) in [4.78, 5) is 23.6. The van der Waals surface area contributed by atoms with Gasteiger partial charge in [0.05, 0.1) is 5.69 Å². The SMILES string of the molecule is CC1CC(C(=O)Nc2ccc3c(c2)NC(=O)CO3)CCN1. The molecular weight excluding hydrogens is 270 g/mol. The van der Waals surface area contributed by atoms with Gasteiger partial charge in [0.2, 0.25) is 5.91 Å². The van der Waals surface area contributed by atoms with Gasteiger partial charge in [0.1, 0.15) is 5.75 Å². The Labute approximate surface area is 123 Å². The van der Waals surface area contributed by atoms with Crippen LogP contribution in [0.15, 0.2) is 18.2 Å². The zero-order chi connectivity index (χ0) is 14.8. The van der Waals surface area contributed by atoms with Crippen molar-refractivity contribution in [2.75, 3.05) is 23.8 Å². The average Bonchev–Trinajstić information content (AvgIpc) is 2.46. The minimum Gasteiger partial charge on any atom is -0.482 e. The van der Waals surface area contributed by atoms with Gasteiger partial charge in [-0.15, -0.1) is 0 Å². The van der Waals surface area contributed by atoms with E-state index in [4.69, 9.17) is 4.74 Å². The average molecular weight is 289 g/mol. The molecule has 2 aliphatic heterocycles. The fourth-order valence-corrected chi connectivity index (χ4v) is 2.78. The number of amides is 2. The summed E-state index contributed by atoms with van der Waals surface area (Å²) in [6, 6.07) is 5.65. The van der Waals surface area contributed by atoms with E-state index in [2.05, 4.69) is 22.9 Å². The lowest BCUT2D eigenvalue weighted by Crippen LogP contribution is -2.40. The van der Waals surface area contributed by atoms with Crippen molar-refractivity contribution in [3.05, 3.63) is 18.2 Å². The van der Waals surface area contributed by atoms with Crippen molar-refractivity contribution < 1.29 is 14.3 Å². The van der Waals surface area contributed by atoms with Gasteiger partial charge >= 0.3 is 0 Å². The molecule has 6 heteroatoms. The van der Waals surface area contributed by atoms with Crippen molar-refractivity contribution >= 4 is 23.2 Å². The standard InChI is InChI=1S/C15H19N3O3/c1-9-6-10(4-5-16-9)15(20)17-11-2-3-13-12(7-11)18-14(19)8-21-13/h2-3,7,9-10,16H,4-6,8H2,1H3,(H,17,20)(H,18,19). The van der Waals surface area contributed by atoms with Crippen molar-refractivity contribution in [1.29, 1.82) is 0 Å². The smallest absolute Gasteiger partial charge is 0.262 e. The molecule has 2 aliphatic rings. The fraction of sp³-hybridized carbons (Fsp3) is 0.467. The number of anilines is 2. The lowest BCUT2D eigenvalue weighted by molar-refractivity contribution is -0.121. The van der Waals surface area contributed by atoms with Gasteiger partial charge in [0.15, 0.2) is 6.61 Å². The summed E-state index contributed by atoms with van der Waals surface area (Å²) in [5.74, 6) is 0.510. The molecule has 112 valence electrons. The molecule has 1 aromatic rings. The number of piperidine rings is 1. The zero-order valence-corrected chi connectivity index (χ0v) is 11.9. The number of nitrogens with one attached hydrogen (secondary N) is 3. The van der Waals surface area contributed by atoms with Crippen LogP contribution in [0, 0.1) is 5.92 Å². The van der Waals surface area contributed by atoms with E-state index in [1.165, 1.54) is 0 Å².